The minimum Gasteiger partial charge on any atom is -0.481 e. The Morgan fingerprint density at radius 2 is 2.16 bits per heavy atom. The van der Waals surface area contributed by atoms with E-state index in [2.05, 4.69) is 5.32 Å². The molecule has 1 rings (SSSR count). The number of carboxylic acid groups (broad SMARTS) is 1. The predicted octanol–water partition coefficient (Wildman–Crippen LogP) is 2.49. The molecular formula is C13H17ClN2O3. The molecule has 6 heteroatoms. The summed E-state index contributed by atoms with van der Waals surface area (Å²) in [6, 6.07) is 4.91. The van der Waals surface area contributed by atoms with E-state index in [9.17, 15) is 9.59 Å². The maximum absolute atomic E-state index is 11.3. The topological polar surface area (TPSA) is 92.4 Å². The van der Waals surface area contributed by atoms with Gasteiger partial charge in [-0.25, -0.2) is 0 Å². The van der Waals surface area contributed by atoms with Crippen LogP contribution in [0.1, 0.15) is 36.5 Å². The molecule has 1 aromatic carbocycles. The Morgan fingerprint density at radius 3 is 2.74 bits per heavy atom. The third-order valence-electron chi connectivity index (χ3n) is 2.68. The molecule has 0 fully saturated rings. The second kappa shape index (κ2) is 6.99. The van der Waals surface area contributed by atoms with Crippen molar-refractivity contribution >= 4 is 29.2 Å². The Labute approximate surface area is 116 Å². The smallest absolute Gasteiger partial charge is 0.303 e. The van der Waals surface area contributed by atoms with Crippen molar-refractivity contribution in [1.82, 2.24) is 0 Å². The third-order valence-corrected chi connectivity index (χ3v) is 2.91. The maximum atomic E-state index is 11.3. The summed E-state index contributed by atoms with van der Waals surface area (Å²) in [5.41, 5.74) is 6.23. The van der Waals surface area contributed by atoms with E-state index in [0.29, 0.717) is 29.1 Å². The summed E-state index contributed by atoms with van der Waals surface area (Å²) in [5, 5.41) is 12.2. The van der Waals surface area contributed by atoms with E-state index in [4.69, 9.17) is 22.4 Å². The molecule has 0 radical (unpaired) electrons. The SMILES string of the molecule is CC(CCCC(=O)O)Nc1ccc(Cl)cc1C(N)=O. The highest BCUT2D eigenvalue weighted by atomic mass is 35.5. The van der Waals surface area contributed by atoms with Crippen molar-refractivity contribution < 1.29 is 14.7 Å². The van der Waals surface area contributed by atoms with Gasteiger partial charge in [0.15, 0.2) is 0 Å². The average Bonchev–Trinajstić information content (AvgIpc) is 2.30. The van der Waals surface area contributed by atoms with Crippen molar-refractivity contribution in [2.75, 3.05) is 5.32 Å². The fourth-order valence-electron chi connectivity index (χ4n) is 1.74. The van der Waals surface area contributed by atoms with Crippen LogP contribution < -0.4 is 11.1 Å². The monoisotopic (exact) mass is 284 g/mol. The summed E-state index contributed by atoms with van der Waals surface area (Å²) < 4.78 is 0. The van der Waals surface area contributed by atoms with Gasteiger partial charge < -0.3 is 16.2 Å². The number of rotatable bonds is 7. The lowest BCUT2D eigenvalue weighted by atomic mass is 10.1. The summed E-state index contributed by atoms with van der Waals surface area (Å²) >= 11 is 5.82. The molecular weight excluding hydrogens is 268 g/mol. The molecule has 5 nitrogen and oxygen atoms in total. The number of primary amides is 1. The second-order valence-corrected chi connectivity index (χ2v) is 4.82. The summed E-state index contributed by atoms with van der Waals surface area (Å²) in [5.74, 6) is -1.36. The van der Waals surface area contributed by atoms with Crippen LogP contribution in [0.3, 0.4) is 0 Å². The number of hydrogen-bond donors (Lipinski definition) is 3. The van der Waals surface area contributed by atoms with Crippen molar-refractivity contribution in [1.29, 1.82) is 0 Å². The Kier molecular flexibility index (Phi) is 5.63. The second-order valence-electron chi connectivity index (χ2n) is 4.39. The van der Waals surface area contributed by atoms with Crippen molar-refractivity contribution in [3.05, 3.63) is 28.8 Å². The van der Waals surface area contributed by atoms with Crippen molar-refractivity contribution in [3.8, 4) is 0 Å². The highest BCUT2D eigenvalue weighted by Gasteiger charge is 2.11. The lowest BCUT2D eigenvalue weighted by Crippen LogP contribution is -2.20. The van der Waals surface area contributed by atoms with E-state index < -0.39 is 11.9 Å². The van der Waals surface area contributed by atoms with Gasteiger partial charge in [-0.2, -0.15) is 0 Å². The largest absolute Gasteiger partial charge is 0.481 e. The van der Waals surface area contributed by atoms with E-state index in [1.807, 2.05) is 6.92 Å². The van der Waals surface area contributed by atoms with Crippen LogP contribution in [0.4, 0.5) is 5.69 Å². The Morgan fingerprint density at radius 1 is 1.47 bits per heavy atom. The quantitative estimate of drug-likeness (QED) is 0.717. The average molecular weight is 285 g/mol. The number of nitrogens with one attached hydrogen (secondary N) is 1. The molecule has 0 heterocycles. The predicted molar refractivity (Wildman–Crippen MR) is 74.5 cm³/mol. The number of benzene rings is 1. The lowest BCUT2D eigenvalue weighted by molar-refractivity contribution is -0.137. The van der Waals surface area contributed by atoms with Gasteiger partial charge >= 0.3 is 5.97 Å². The molecule has 0 saturated carbocycles. The first kappa shape index (κ1) is 15.3. The molecule has 104 valence electrons. The Bertz CT molecular complexity index is 477. The molecule has 0 aliphatic carbocycles. The Balaban J connectivity index is 2.65. The first-order valence-electron chi connectivity index (χ1n) is 5.98. The number of anilines is 1. The van der Waals surface area contributed by atoms with E-state index >= 15 is 0 Å². The van der Waals surface area contributed by atoms with Crippen LogP contribution in [0.5, 0.6) is 0 Å². The van der Waals surface area contributed by atoms with Crippen LogP contribution >= 0.6 is 11.6 Å². The zero-order valence-corrected chi connectivity index (χ0v) is 11.4. The molecule has 1 amide bonds. The van der Waals surface area contributed by atoms with Crippen LogP contribution in [0.15, 0.2) is 18.2 Å². The number of nitrogens with two attached hydrogens (primary N) is 1. The van der Waals surface area contributed by atoms with Crippen LogP contribution in [0.2, 0.25) is 5.02 Å². The molecule has 0 aliphatic rings. The standard InChI is InChI=1S/C13H17ClN2O3/c1-8(3-2-4-12(17)18)16-11-6-5-9(14)7-10(11)13(15)19/h5-8,16H,2-4H2,1H3,(H2,15,19)(H,17,18). The molecule has 19 heavy (non-hydrogen) atoms. The zero-order chi connectivity index (χ0) is 14.4. The van der Waals surface area contributed by atoms with Gasteiger partial charge in [0, 0.05) is 23.2 Å². The van der Waals surface area contributed by atoms with Crippen LogP contribution in [0, 0.1) is 0 Å². The minimum absolute atomic E-state index is 0.0404. The molecule has 0 bridgehead atoms. The van der Waals surface area contributed by atoms with E-state index in [1.165, 1.54) is 6.07 Å². The number of carbonyl (C=O) groups excluding carboxylic acids is 1. The highest BCUT2D eigenvalue weighted by Crippen LogP contribution is 2.21. The first-order chi connectivity index (χ1) is 8.90. The van der Waals surface area contributed by atoms with Gasteiger partial charge in [-0.3, -0.25) is 9.59 Å². The molecule has 0 saturated heterocycles. The highest BCUT2D eigenvalue weighted by molar-refractivity contribution is 6.31. The van der Waals surface area contributed by atoms with Gasteiger partial charge in [0.05, 0.1) is 5.56 Å². The number of carbonyl (C=O) groups is 2. The maximum Gasteiger partial charge on any atom is 0.303 e. The molecule has 0 spiro atoms. The van der Waals surface area contributed by atoms with Crippen molar-refractivity contribution in [3.63, 3.8) is 0 Å². The van der Waals surface area contributed by atoms with Crippen LogP contribution in [-0.2, 0) is 4.79 Å². The van der Waals surface area contributed by atoms with Crippen LogP contribution in [-0.4, -0.2) is 23.0 Å². The summed E-state index contributed by atoms with van der Waals surface area (Å²) in [6.45, 7) is 1.92. The number of hydrogen-bond acceptors (Lipinski definition) is 3. The zero-order valence-electron chi connectivity index (χ0n) is 10.6. The first-order valence-corrected chi connectivity index (χ1v) is 6.35. The molecule has 1 atom stereocenters. The van der Waals surface area contributed by atoms with Crippen molar-refractivity contribution in [2.24, 2.45) is 5.73 Å². The fourth-order valence-corrected chi connectivity index (χ4v) is 1.92. The molecule has 4 N–H and O–H groups in total. The third kappa shape index (κ3) is 5.18. The van der Waals surface area contributed by atoms with Gasteiger partial charge in [0.1, 0.15) is 0 Å². The van der Waals surface area contributed by atoms with Gasteiger partial charge in [0.25, 0.3) is 5.91 Å². The van der Waals surface area contributed by atoms with Gasteiger partial charge in [0.2, 0.25) is 0 Å². The number of halogens is 1. The molecule has 1 unspecified atom stereocenters. The summed E-state index contributed by atoms with van der Waals surface area (Å²) in [4.78, 5) is 21.7. The van der Waals surface area contributed by atoms with Crippen molar-refractivity contribution in [2.45, 2.75) is 32.2 Å². The number of aliphatic carboxylic acids is 1. The summed E-state index contributed by atoms with van der Waals surface area (Å²) in [7, 11) is 0. The normalized spacial score (nSPS) is 11.9. The van der Waals surface area contributed by atoms with Gasteiger partial charge in [-0.15, -0.1) is 0 Å². The number of amides is 1. The minimum atomic E-state index is -0.809. The summed E-state index contributed by atoms with van der Waals surface area (Å²) in [6.07, 6.45) is 1.39. The van der Waals surface area contributed by atoms with Crippen LogP contribution in [0.25, 0.3) is 0 Å². The lowest BCUT2D eigenvalue weighted by Gasteiger charge is -2.17. The van der Waals surface area contributed by atoms with E-state index in [1.54, 1.807) is 12.1 Å². The molecule has 0 aliphatic heterocycles. The van der Waals surface area contributed by atoms with Gasteiger partial charge in [-0.1, -0.05) is 11.6 Å². The molecule has 0 aromatic heterocycles. The fraction of sp³-hybridized carbons (Fsp3) is 0.385. The van der Waals surface area contributed by atoms with E-state index in [0.717, 1.165) is 0 Å². The Hall–Kier alpha value is -1.75. The number of carboxylic acids is 1. The molecule has 1 aromatic rings. The van der Waals surface area contributed by atoms with E-state index in [-0.39, 0.29) is 12.5 Å². The van der Waals surface area contributed by atoms with Gasteiger partial charge in [-0.05, 0) is 38.0 Å².